The third-order valence-electron chi connectivity index (χ3n) is 4.03. The number of halogens is 2. The van der Waals surface area contributed by atoms with Gasteiger partial charge in [0.1, 0.15) is 5.60 Å². The number of benzene rings is 1. The second-order valence-corrected chi connectivity index (χ2v) is 8.11. The molecular formula is C16H20Cl2N2O2. The van der Waals surface area contributed by atoms with Gasteiger partial charge < -0.3 is 14.5 Å². The fourth-order valence-electron chi connectivity index (χ4n) is 3.05. The van der Waals surface area contributed by atoms with E-state index in [1.54, 1.807) is 4.90 Å². The number of nitrogens with zero attached hydrogens (tertiary/aromatic N) is 2. The summed E-state index contributed by atoms with van der Waals surface area (Å²) >= 11 is 12.0. The Bertz CT molecular complexity index is 599. The molecule has 1 aromatic carbocycles. The van der Waals surface area contributed by atoms with Crippen LogP contribution in [0.2, 0.25) is 10.0 Å². The molecule has 120 valence electrons. The number of rotatable bonds is 1. The fourth-order valence-corrected chi connectivity index (χ4v) is 3.34. The highest BCUT2D eigenvalue weighted by Crippen LogP contribution is 2.43. The summed E-state index contributed by atoms with van der Waals surface area (Å²) < 4.78 is 5.39. The molecule has 0 N–H and O–H groups in total. The second kappa shape index (κ2) is 5.20. The van der Waals surface area contributed by atoms with Crippen molar-refractivity contribution in [3.63, 3.8) is 0 Å². The molecule has 2 aliphatic rings. The molecule has 0 aromatic heterocycles. The van der Waals surface area contributed by atoms with Crippen molar-refractivity contribution in [1.82, 2.24) is 4.90 Å². The van der Waals surface area contributed by atoms with Gasteiger partial charge in [0.25, 0.3) is 0 Å². The number of anilines is 1. The minimum Gasteiger partial charge on any atom is -0.444 e. The first kappa shape index (κ1) is 15.8. The molecule has 0 aliphatic carbocycles. The van der Waals surface area contributed by atoms with Crippen molar-refractivity contribution in [2.24, 2.45) is 5.41 Å². The molecule has 2 saturated heterocycles. The average molecular weight is 343 g/mol. The molecule has 2 aliphatic heterocycles. The van der Waals surface area contributed by atoms with Gasteiger partial charge in [0.15, 0.2) is 0 Å². The summed E-state index contributed by atoms with van der Waals surface area (Å²) in [6.45, 7) is 9.05. The highest BCUT2D eigenvalue weighted by Gasteiger charge is 2.54. The molecule has 0 atom stereocenters. The number of amides is 1. The Morgan fingerprint density at radius 3 is 2.32 bits per heavy atom. The summed E-state index contributed by atoms with van der Waals surface area (Å²) in [5.74, 6) is 0. The monoisotopic (exact) mass is 342 g/mol. The minimum absolute atomic E-state index is 0.211. The molecule has 1 aromatic rings. The Morgan fingerprint density at radius 1 is 1.14 bits per heavy atom. The number of likely N-dealkylation sites (tertiary alicyclic amines) is 1. The molecular weight excluding hydrogens is 323 g/mol. The van der Waals surface area contributed by atoms with E-state index in [0.29, 0.717) is 10.0 Å². The van der Waals surface area contributed by atoms with Crippen LogP contribution in [0.3, 0.4) is 0 Å². The van der Waals surface area contributed by atoms with Crippen molar-refractivity contribution in [2.45, 2.75) is 26.4 Å². The maximum atomic E-state index is 12.0. The van der Waals surface area contributed by atoms with Gasteiger partial charge in [0, 0.05) is 37.3 Å². The topological polar surface area (TPSA) is 32.8 Å². The number of hydrogen-bond donors (Lipinski definition) is 0. The predicted octanol–water partition coefficient (Wildman–Crippen LogP) is 4.05. The number of ether oxygens (including phenoxy) is 1. The van der Waals surface area contributed by atoms with E-state index in [2.05, 4.69) is 4.90 Å². The number of carbonyl (C=O) groups excluding carboxylic acids is 1. The summed E-state index contributed by atoms with van der Waals surface area (Å²) in [6, 6.07) is 5.68. The highest BCUT2D eigenvalue weighted by molar-refractivity contribution is 6.42. The van der Waals surface area contributed by atoms with Crippen LogP contribution in [0, 0.1) is 5.41 Å². The molecule has 0 unspecified atom stereocenters. The van der Waals surface area contributed by atoms with Gasteiger partial charge in [-0.15, -0.1) is 0 Å². The largest absolute Gasteiger partial charge is 0.444 e. The van der Waals surface area contributed by atoms with Gasteiger partial charge in [-0.3, -0.25) is 0 Å². The molecule has 6 heteroatoms. The quantitative estimate of drug-likeness (QED) is 0.771. The van der Waals surface area contributed by atoms with Crippen molar-refractivity contribution >= 4 is 35.0 Å². The van der Waals surface area contributed by atoms with E-state index in [9.17, 15) is 4.79 Å². The van der Waals surface area contributed by atoms with E-state index >= 15 is 0 Å². The van der Waals surface area contributed by atoms with E-state index in [0.717, 1.165) is 31.9 Å². The zero-order chi connectivity index (χ0) is 16.1. The fraction of sp³-hybridized carbons (Fsp3) is 0.562. The molecule has 1 spiro atoms. The summed E-state index contributed by atoms with van der Waals surface area (Å²) in [6.07, 6.45) is -0.217. The summed E-state index contributed by atoms with van der Waals surface area (Å²) in [4.78, 5) is 16.0. The van der Waals surface area contributed by atoms with Gasteiger partial charge in [0.2, 0.25) is 0 Å². The lowest BCUT2D eigenvalue weighted by molar-refractivity contribution is -0.0452. The van der Waals surface area contributed by atoms with E-state index in [4.69, 9.17) is 27.9 Å². The Morgan fingerprint density at radius 2 is 1.77 bits per heavy atom. The van der Waals surface area contributed by atoms with E-state index in [-0.39, 0.29) is 11.5 Å². The first-order valence-electron chi connectivity index (χ1n) is 7.35. The Labute approximate surface area is 140 Å². The first-order chi connectivity index (χ1) is 10.2. The lowest BCUT2D eigenvalue weighted by Gasteiger charge is -2.60. The lowest BCUT2D eigenvalue weighted by Crippen LogP contribution is -2.73. The van der Waals surface area contributed by atoms with Crippen molar-refractivity contribution < 1.29 is 9.53 Å². The summed E-state index contributed by atoms with van der Waals surface area (Å²) in [7, 11) is 0. The number of carbonyl (C=O) groups is 1. The third-order valence-corrected chi connectivity index (χ3v) is 4.76. The van der Waals surface area contributed by atoms with Crippen LogP contribution in [0.1, 0.15) is 20.8 Å². The average Bonchev–Trinajstić information content (AvgIpc) is 2.27. The van der Waals surface area contributed by atoms with Crippen LogP contribution in [0.15, 0.2) is 18.2 Å². The molecule has 0 radical (unpaired) electrons. The normalized spacial score (nSPS) is 19.7. The lowest BCUT2D eigenvalue weighted by atomic mass is 9.73. The molecule has 1 amide bonds. The molecule has 4 nitrogen and oxygen atoms in total. The molecule has 22 heavy (non-hydrogen) atoms. The van der Waals surface area contributed by atoms with Gasteiger partial charge in [-0.1, -0.05) is 23.2 Å². The van der Waals surface area contributed by atoms with E-state index in [1.165, 1.54) is 0 Å². The van der Waals surface area contributed by atoms with Crippen LogP contribution in [0.25, 0.3) is 0 Å². The van der Waals surface area contributed by atoms with Crippen LogP contribution in [-0.4, -0.2) is 42.8 Å². The maximum Gasteiger partial charge on any atom is 0.410 e. The Kier molecular flexibility index (Phi) is 3.73. The second-order valence-electron chi connectivity index (χ2n) is 7.29. The van der Waals surface area contributed by atoms with Crippen LogP contribution < -0.4 is 4.90 Å². The maximum absolute atomic E-state index is 12.0. The molecule has 0 saturated carbocycles. The third kappa shape index (κ3) is 2.99. The Balaban J connectivity index is 1.52. The van der Waals surface area contributed by atoms with Crippen LogP contribution in [0.5, 0.6) is 0 Å². The van der Waals surface area contributed by atoms with Crippen molar-refractivity contribution in [3.8, 4) is 0 Å². The first-order valence-corrected chi connectivity index (χ1v) is 8.11. The molecule has 3 rings (SSSR count). The van der Waals surface area contributed by atoms with Crippen LogP contribution >= 0.6 is 23.2 Å². The molecule has 2 fully saturated rings. The van der Waals surface area contributed by atoms with Gasteiger partial charge in [-0.25, -0.2) is 4.79 Å². The zero-order valence-corrected chi connectivity index (χ0v) is 14.5. The van der Waals surface area contributed by atoms with Gasteiger partial charge in [-0.05, 0) is 39.0 Å². The summed E-state index contributed by atoms with van der Waals surface area (Å²) in [5, 5.41) is 1.14. The van der Waals surface area contributed by atoms with Gasteiger partial charge >= 0.3 is 6.09 Å². The van der Waals surface area contributed by atoms with E-state index < -0.39 is 5.60 Å². The molecule has 2 heterocycles. The minimum atomic E-state index is -0.439. The highest BCUT2D eigenvalue weighted by atomic mass is 35.5. The zero-order valence-electron chi connectivity index (χ0n) is 13.0. The van der Waals surface area contributed by atoms with Crippen LogP contribution in [-0.2, 0) is 4.74 Å². The predicted molar refractivity (Wildman–Crippen MR) is 88.9 cm³/mol. The SMILES string of the molecule is CC(C)(C)OC(=O)N1CC2(C1)CN(c1ccc(Cl)c(Cl)c1)C2. The summed E-state index contributed by atoms with van der Waals surface area (Å²) in [5.41, 5.74) is 0.852. The van der Waals surface area contributed by atoms with Crippen molar-refractivity contribution in [2.75, 3.05) is 31.1 Å². The number of hydrogen-bond acceptors (Lipinski definition) is 3. The smallest absolute Gasteiger partial charge is 0.410 e. The molecule has 0 bridgehead atoms. The Hall–Kier alpha value is -1.13. The van der Waals surface area contributed by atoms with Crippen molar-refractivity contribution in [1.29, 1.82) is 0 Å². The standard InChI is InChI=1S/C16H20Cl2N2O2/c1-15(2,3)22-14(21)20-9-16(10-20)7-19(8-16)11-4-5-12(17)13(18)6-11/h4-6H,7-10H2,1-3H3. The van der Waals surface area contributed by atoms with Crippen LogP contribution in [0.4, 0.5) is 10.5 Å². The van der Waals surface area contributed by atoms with Gasteiger partial charge in [0.05, 0.1) is 10.0 Å². The van der Waals surface area contributed by atoms with Gasteiger partial charge in [-0.2, -0.15) is 0 Å². The van der Waals surface area contributed by atoms with Crippen molar-refractivity contribution in [3.05, 3.63) is 28.2 Å². The van der Waals surface area contributed by atoms with E-state index in [1.807, 2.05) is 39.0 Å².